The van der Waals surface area contributed by atoms with E-state index in [9.17, 15) is 22.8 Å². The summed E-state index contributed by atoms with van der Waals surface area (Å²) in [6.07, 6.45) is 2.02. The summed E-state index contributed by atoms with van der Waals surface area (Å²) in [7, 11) is -3.73. The summed E-state index contributed by atoms with van der Waals surface area (Å²) < 4.78 is 32.5. The maximum atomic E-state index is 13.0. The molecule has 4 rings (SSSR count). The molecule has 1 aromatic rings. The third kappa shape index (κ3) is 3.57. The van der Waals surface area contributed by atoms with Gasteiger partial charge in [0.2, 0.25) is 15.9 Å². The van der Waals surface area contributed by atoms with Crippen LogP contribution < -0.4 is 10.6 Å². The Hall–Kier alpha value is -2.50. The van der Waals surface area contributed by atoms with Gasteiger partial charge in [0.25, 0.3) is 5.91 Å². The largest absolute Gasteiger partial charge is 0.379 e. The third-order valence-electron chi connectivity index (χ3n) is 5.81. The fraction of sp³-hybridized carbons (Fsp3) is 0.526. The Labute approximate surface area is 174 Å². The van der Waals surface area contributed by atoms with Gasteiger partial charge in [0.15, 0.2) is 0 Å². The second kappa shape index (κ2) is 7.64. The standard InChI is InChI=1S/C19H24N4O6S/c1-13-3-4-14(11-15(13)30(27,28)22-7-9-29-10-8-22)20-16(24)12-23-17(25)19(5-2-6-19)21-18(23)26/h3-4,11H,2,5-10,12H2,1H3,(H,20,24)(H,21,26). The monoisotopic (exact) mass is 436 g/mol. The normalized spacial score (nSPS) is 21.4. The van der Waals surface area contributed by atoms with Crippen LogP contribution in [0, 0.1) is 6.92 Å². The lowest BCUT2D eigenvalue weighted by atomic mass is 9.77. The van der Waals surface area contributed by atoms with E-state index in [2.05, 4.69) is 10.6 Å². The first-order valence-corrected chi connectivity index (χ1v) is 11.3. The molecule has 1 aromatic carbocycles. The lowest BCUT2D eigenvalue weighted by Crippen LogP contribution is -2.52. The van der Waals surface area contributed by atoms with Crippen molar-refractivity contribution in [3.63, 3.8) is 0 Å². The number of hydrogen-bond donors (Lipinski definition) is 2. The number of rotatable bonds is 5. The Balaban J connectivity index is 1.47. The van der Waals surface area contributed by atoms with Crippen LogP contribution in [0.2, 0.25) is 0 Å². The number of carbonyl (C=O) groups is 3. The predicted octanol–water partition coefficient (Wildman–Crippen LogP) is 0.429. The molecule has 162 valence electrons. The van der Waals surface area contributed by atoms with Gasteiger partial charge in [-0.05, 0) is 43.9 Å². The van der Waals surface area contributed by atoms with E-state index in [0.29, 0.717) is 31.6 Å². The Kier molecular flexibility index (Phi) is 5.28. The molecule has 30 heavy (non-hydrogen) atoms. The van der Waals surface area contributed by atoms with Gasteiger partial charge >= 0.3 is 6.03 Å². The van der Waals surface area contributed by atoms with Crippen molar-refractivity contribution in [2.45, 2.75) is 36.6 Å². The van der Waals surface area contributed by atoms with E-state index in [1.807, 2.05) is 0 Å². The summed E-state index contributed by atoms with van der Waals surface area (Å²) >= 11 is 0. The molecule has 1 saturated carbocycles. The molecule has 0 bridgehead atoms. The number of benzene rings is 1. The second-order valence-electron chi connectivity index (χ2n) is 7.80. The van der Waals surface area contributed by atoms with Crippen molar-refractivity contribution >= 4 is 33.6 Å². The summed E-state index contributed by atoms with van der Waals surface area (Å²) in [5, 5.41) is 5.27. The highest BCUT2D eigenvalue weighted by Crippen LogP contribution is 2.37. The van der Waals surface area contributed by atoms with Crippen LogP contribution in [0.4, 0.5) is 10.5 Å². The Morgan fingerprint density at radius 1 is 1.23 bits per heavy atom. The summed E-state index contributed by atoms with van der Waals surface area (Å²) in [6.45, 7) is 2.47. The quantitative estimate of drug-likeness (QED) is 0.645. The number of anilines is 1. The number of nitrogens with one attached hydrogen (secondary N) is 2. The fourth-order valence-corrected chi connectivity index (χ4v) is 5.57. The highest BCUT2D eigenvalue weighted by atomic mass is 32.2. The van der Waals surface area contributed by atoms with Gasteiger partial charge in [-0.25, -0.2) is 13.2 Å². The van der Waals surface area contributed by atoms with Gasteiger partial charge in [-0.2, -0.15) is 4.31 Å². The zero-order chi connectivity index (χ0) is 21.5. The van der Waals surface area contributed by atoms with E-state index in [4.69, 9.17) is 4.74 Å². The van der Waals surface area contributed by atoms with Crippen molar-refractivity contribution in [2.24, 2.45) is 0 Å². The molecule has 3 fully saturated rings. The van der Waals surface area contributed by atoms with Gasteiger partial charge in [0, 0.05) is 18.8 Å². The average molecular weight is 436 g/mol. The van der Waals surface area contributed by atoms with Gasteiger partial charge in [0.05, 0.1) is 18.1 Å². The predicted molar refractivity (Wildman–Crippen MR) is 106 cm³/mol. The molecule has 0 atom stereocenters. The lowest BCUT2D eigenvalue weighted by molar-refractivity contribution is -0.136. The van der Waals surface area contributed by atoms with Crippen LogP contribution >= 0.6 is 0 Å². The first-order valence-electron chi connectivity index (χ1n) is 9.85. The molecule has 2 heterocycles. The summed E-state index contributed by atoms with van der Waals surface area (Å²) in [6, 6.07) is 4.02. The topological polar surface area (TPSA) is 125 Å². The molecule has 3 aliphatic rings. The van der Waals surface area contributed by atoms with Crippen molar-refractivity contribution in [3.8, 4) is 0 Å². The van der Waals surface area contributed by atoms with Crippen LogP contribution in [-0.4, -0.2) is 73.9 Å². The van der Waals surface area contributed by atoms with Crippen LogP contribution in [0.25, 0.3) is 0 Å². The van der Waals surface area contributed by atoms with Gasteiger partial charge in [-0.3, -0.25) is 14.5 Å². The molecule has 1 aliphatic carbocycles. The highest BCUT2D eigenvalue weighted by Gasteiger charge is 2.54. The zero-order valence-electron chi connectivity index (χ0n) is 16.6. The smallest absolute Gasteiger partial charge is 0.325 e. The van der Waals surface area contributed by atoms with Crippen LogP contribution in [-0.2, 0) is 24.3 Å². The number of amides is 4. The molecule has 10 nitrogen and oxygen atoms in total. The Morgan fingerprint density at radius 2 is 1.93 bits per heavy atom. The minimum Gasteiger partial charge on any atom is -0.379 e. The number of hydrogen-bond acceptors (Lipinski definition) is 6. The minimum atomic E-state index is -3.73. The summed E-state index contributed by atoms with van der Waals surface area (Å²) in [5.74, 6) is -0.957. The number of sulfonamides is 1. The lowest BCUT2D eigenvalue weighted by Gasteiger charge is -2.34. The van der Waals surface area contributed by atoms with Crippen LogP contribution in [0.1, 0.15) is 24.8 Å². The molecule has 2 saturated heterocycles. The fourth-order valence-electron chi connectivity index (χ4n) is 3.91. The van der Waals surface area contributed by atoms with Crippen molar-refractivity contribution in [1.82, 2.24) is 14.5 Å². The van der Waals surface area contributed by atoms with E-state index >= 15 is 0 Å². The number of nitrogens with zero attached hydrogens (tertiary/aromatic N) is 2. The molecule has 0 unspecified atom stereocenters. The van der Waals surface area contributed by atoms with E-state index < -0.39 is 34.0 Å². The molecule has 1 spiro atoms. The number of imide groups is 1. The van der Waals surface area contributed by atoms with Crippen molar-refractivity contribution < 1.29 is 27.5 Å². The van der Waals surface area contributed by atoms with Crippen molar-refractivity contribution in [2.75, 3.05) is 38.2 Å². The maximum Gasteiger partial charge on any atom is 0.325 e. The number of carbonyl (C=O) groups excluding carboxylic acids is 3. The maximum absolute atomic E-state index is 13.0. The van der Waals surface area contributed by atoms with E-state index in [0.717, 1.165) is 11.3 Å². The zero-order valence-corrected chi connectivity index (χ0v) is 17.5. The minimum absolute atomic E-state index is 0.102. The molecule has 4 amide bonds. The first-order chi connectivity index (χ1) is 14.2. The first kappa shape index (κ1) is 20.8. The highest BCUT2D eigenvalue weighted by molar-refractivity contribution is 7.89. The van der Waals surface area contributed by atoms with Crippen molar-refractivity contribution in [1.29, 1.82) is 0 Å². The van der Waals surface area contributed by atoms with Gasteiger partial charge in [0.1, 0.15) is 12.1 Å². The summed E-state index contributed by atoms with van der Waals surface area (Å²) in [5.41, 5.74) is -0.0102. The second-order valence-corrected chi connectivity index (χ2v) is 9.71. The number of aryl methyl sites for hydroxylation is 1. The van der Waals surface area contributed by atoms with E-state index in [-0.39, 0.29) is 29.6 Å². The average Bonchev–Trinajstić information content (AvgIpc) is 2.95. The Morgan fingerprint density at radius 3 is 2.53 bits per heavy atom. The summed E-state index contributed by atoms with van der Waals surface area (Å²) in [4.78, 5) is 38.1. The van der Waals surface area contributed by atoms with E-state index in [1.165, 1.54) is 10.4 Å². The molecular formula is C19H24N4O6S. The van der Waals surface area contributed by atoms with Gasteiger partial charge in [-0.15, -0.1) is 0 Å². The van der Waals surface area contributed by atoms with Crippen molar-refractivity contribution in [3.05, 3.63) is 23.8 Å². The third-order valence-corrected chi connectivity index (χ3v) is 7.86. The number of ether oxygens (including phenoxy) is 1. The number of morpholine rings is 1. The molecule has 0 radical (unpaired) electrons. The van der Waals surface area contributed by atoms with Crippen LogP contribution in [0.5, 0.6) is 0 Å². The Bertz CT molecular complexity index is 998. The van der Waals surface area contributed by atoms with E-state index in [1.54, 1.807) is 19.1 Å². The van der Waals surface area contributed by atoms with Crippen LogP contribution in [0.15, 0.2) is 23.1 Å². The number of urea groups is 1. The molecule has 0 aromatic heterocycles. The molecular weight excluding hydrogens is 412 g/mol. The van der Waals surface area contributed by atoms with Gasteiger partial charge < -0.3 is 15.4 Å². The molecule has 11 heteroatoms. The molecule has 2 aliphatic heterocycles. The van der Waals surface area contributed by atoms with Gasteiger partial charge in [-0.1, -0.05) is 6.07 Å². The molecule has 2 N–H and O–H groups in total. The van der Waals surface area contributed by atoms with Crippen LogP contribution in [0.3, 0.4) is 0 Å². The SMILES string of the molecule is Cc1ccc(NC(=O)CN2C(=O)NC3(CCC3)C2=O)cc1S(=O)(=O)N1CCOCC1.